The third-order valence-corrected chi connectivity index (χ3v) is 7.72. The highest BCUT2D eigenvalue weighted by atomic mass is 32.2. The van der Waals surface area contributed by atoms with Crippen molar-refractivity contribution < 1.29 is 22.7 Å². The molecule has 33 heavy (non-hydrogen) atoms. The highest BCUT2D eigenvalue weighted by molar-refractivity contribution is 7.89. The van der Waals surface area contributed by atoms with Crippen molar-refractivity contribution in [2.45, 2.75) is 44.7 Å². The number of nitrogens with zero attached hydrogens (tertiary/aromatic N) is 1. The molecule has 2 aromatic carbocycles. The Hall–Kier alpha value is -2.75. The molecular formula is C24H31N3O5S. The summed E-state index contributed by atoms with van der Waals surface area (Å²) in [6, 6.07) is 13.5. The Balaban J connectivity index is 1.53. The van der Waals surface area contributed by atoms with E-state index in [1.54, 1.807) is 13.8 Å². The summed E-state index contributed by atoms with van der Waals surface area (Å²) < 4.78 is 33.4. The van der Waals surface area contributed by atoms with E-state index in [1.165, 1.54) is 4.31 Å². The number of aryl methyl sites for hydroxylation is 4. The van der Waals surface area contributed by atoms with Gasteiger partial charge in [-0.05, 0) is 50.3 Å². The van der Waals surface area contributed by atoms with Crippen molar-refractivity contribution in [3.05, 3.63) is 64.7 Å². The quantitative estimate of drug-likeness (QED) is 0.450. The van der Waals surface area contributed by atoms with Gasteiger partial charge in [-0.2, -0.15) is 4.31 Å². The van der Waals surface area contributed by atoms with Crippen molar-refractivity contribution in [1.82, 2.24) is 14.9 Å². The third kappa shape index (κ3) is 6.19. The van der Waals surface area contributed by atoms with Crippen LogP contribution < -0.4 is 10.6 Å². The molecule has 1 aliphatic heterocycles. The number of hydrogen-bond acceptors (Lipinski definition) is 5. The fourth-order valence-electron chi connectivity index (χ4n) is 4.11. The molecule has 0 aromatic heterocycles. The predicted molar refractivity (Wildman–Crippen MR) is 125 cm³/mol. The van der Waals surface area contributed by atoms with Crippen LogP contribution in [0.1, 0.15) is 28.7 Å². The summed E-state index contributed by atoms with van der Waals surface area (Å²) in [5.41, 5.74) is 3.48. The SMILES string of the molecule is Cc1cc(C)c(S(=O)(=O)N2CCO[C@H]2CNC(=O)C(=O)NCCCc2ccccc2)c(C)c1. The van der Waals surface area contributed by atoms with Gasteiger partial charge in [-0.3, -0.25) is 9.59 Å². The molecular weight excluding hydrogens is 442 g/mol. The summed E-state index contributed by atoms with van der Waals surface area (Å²) in [5.74, 6) is -1.56. The first-order valence-electron chi connectivity index (χ1n) is 11.0. The van der Waals surface area contributed by atoms with E-state index in [0.717, 1.165) is 17.5 Å². The second-order valence-corrected chi connectivity index (χ2v) is 10.1. The molecule has 2 amide bonds. The first kappa shape index (κ1) is 24.9. The Morgan fingerprint density at radius 2 is 1.67 bits per heavy atom. The van der Waals surface area contributed by atoms with Gasteiger partial charge in [0.25, 0.3) is 0 Å². The molecule has 1 saturated heterocycles. The standard InChI is InChI=1S/C24H31N3O5S/c1-17-14-18(2)22(19(3)15-17)33(30,31)27-12-13-32-21(27)16-26-24(29)23(28)25-11-7-10-20-8-5-4-6-9-20/h4-6,8-9,14-15,21H,7,10-13,16H2,1-3H3,(H,25,28)(H,26,29)/t21-/m0/s1. The van der Waals surface area contributed by atoms with E-state index in [0.29, 0.717) is 24.1 Å². The minimum atomic E-state index is -3.82. The zero-order chi connectivity index (χ0) is 24.0. The number of sulfonamides is 1. The third-order valence-electron chi connectivity index (χ3n) is 5.53. The van der Waals surface area contributed by atoms with Gasteiger partial charge < -0.3 is 15.4 Å². The number of ether oxygens (including phenoxy) is 1. The van der Waals surface area contributed by atoms with Crippen LogP contribution in [0.4, 0.5) is 0 Å². The van der Waals surface area contributed by atoms with Crippen LogP contribution >= 0.6 is 0 Å². The van der Waals surface area contributed by atoms with Gasteiger partial charge in [0.05, 0.1) is 18.0 Å². The molecule has 3 rings (SSSR count). The lowest BCUT2D eigenvalue weighted by Gasteiger charge is -2.24. The number of benzene rings is 2. The van der Waals surface area contributed by atoms with Crippen LogP contribution in [0.25, 0.3) is 0 Å². The first-order chi connectivity index (χ1) is 15.7. The van der Waals surface area contributed by atoms with Crippen molar-refractivity contribution >= 4 is 21.8 Å². The lowest BCUT2D eigenvalue weighted by molar-refractivity contribution is -0.139. The molecule has 1 atom stereocenters. The van der Waals surface area contributed by atoms with Crippen molar-refractivity contribution in [2.75, 3.05) is 26.2 Å². The molecule has 0 spiro atoms. The Kier molecular flexibility index (Phi) is 8.23. The number of nitrogens with one attached hydrogen (secondary N) is 2. The molecule has 8 nitrogen and oxygen atoms in total. The molecule has 0 aliphatic carbocycles. The zero-order valence-electron chi connectivity index (χ0n) is 19.3. The molecule has 1 fully saturated rings. The molecule has 0 radical (unpaired) electrons. The Morgan fingerprint density at radius 1 is 1.03 bits per heavy atom. The minimum absolute atomic E-state index is 0.112. The molecule has 2 aromatic rings. The number of amides is 2. The second-order valence-electron chi connectivity index (χ2n) is 8.22. The molecule has 9 heteroatoms. The number of carbonyl (C=O) groups is 2. The summed E-state index contributed by atoms with van der Waals surface area (Å²) >= 11 is 0. The van der Waals surface area contributed by atoms with Gasteiger partial charge >= 0.3 is 11.8 Å². The van der Waals surface area contributed by atoms with Gasteiger partial charge in [0.1, 0.15) is 6.23 Å². The predicted octanol–water partition coefficient (Wildman–Crippen LogP) is 1.82. The van der Waals surface area contributed by atoms with Gasteiger partial charge in [0.15, 0.2) is 0 Å². The summed E-state index contributed by atoms with van der Waals surface area (Å²) in [5, 5.41) is 5.08. The van der Waals surface area contributed by atoms with Crippen LogP contribution in [0.5, 0.6) is 0 Å². The normalized spacial score (nSPS) is 16.5. The summed E-state index contributed by atoms with van der Waals surface area (Å²) in [7, 11) is -3.82. The highest BCUT2D eigenvalue weighted by Gasteiger charge is 2.38. The monoisotopic (exact) mass is 473 g/mol. The topological polar surface area (TPSA) is 105 Å². The largest absolute Gasteiger partial charge is 0.359 e. The average molecular weight is 474 g/mol. The number of carbonyl (C=O) groups excluding carboxylic acids is 2. The number of rotatable bonds is 8. The summed E-state index contributed by atoms with van der Waals surface area (Å²) in [4.78, 5) is 24.5. The van der Waals surface area contributed by atoms with Crippen LogP contribution in [0.2, 0.25) is 0 Å². The molecule has 0 bridgehead atoms. The van der Waals surface area contributed by atoms with E-state index in [4.69, 9.17) is 4.74 Å². The lowest BCUT2D eigenvalue weighted by Crippen LogP contribution is -2.47. The van der Waals surface area contributed by atoms with E-state index in [1.807, 2.05) is 49.4 Å². The molecule has 0 unspecified atom stereocenters. The van der Waals surface area contributed by atoms with E-state index in [2.05, 4.69) is 10.6 Å². The number of hydrogen-bond donors (Lipinski definition) is 2. The van der Waals surface area contributed by atoms with Crippen molar-refractivity contribution in [2.24, 2.45) is 0 Å². The van der Waals surface area contributed by atoms with Crippen LogP contribution in [0.3, 0.4) is 0 Å². The van der Waals surface area contributed by atoms with Crippen molar-refractivity contribution in [3.63, 3.8) is 0 Å². The summed E-state index contributed by atoms with van der Waals surface area (Å²) in [6.45, 7) is 6.11. The first-order valence-corrected chi connectivity index (χ1v) is 12.5. The second kappa shape index (κ2) is 10.9. The van der Waals surface area contributed by atoms with Crippen LogP contribution in [-0.4, -0.2) is 57.0 Å². The van der Waals surface area contributed by atoms with Gasteiger partial charge in [-0.1, -0.05) is 48.0 Å². The zero-order valence-corrected chi connectivity index (χ0v) is 20.1. The fraction of sp³-hybridized carbons (Fsp3) is 0.417. The molecule has 1 aliphatic rings. The van der Waals surface area contributed by atoms with Crippen LogP contribution in [-0.2, 0) is 30.8 Å². The van der Waals surface area contributed by atoms with Crippen molar-refractivity contribution in [3.8, 4) is 0 Å². The fourth-order valence-corrected chi connectivity index (χ4v) is 6.04. The lowest BCUT2D eigenvalue weighted by atomic mass is 10.1. The van der Waals surface area contributed by atoms with E-state index in [9.17, 15) is 18.0 Å². The maximum Gasteiger partial charge on any atom is 0.309 e. The molecule has 178 valence electrons. The Morgan fingerprint density at radius 3 is 2.33 bits per heavy atom. The van der Waals surface area contributed by atoms with Crippen LogP contribution in [0.15, 0.2) is 47.4 Å². The minimum Gasteiger partial charge on any atom is -0.359 e. The average Bonchev–Trinajstić information content (AvgIpc) is 3.24. The molecule has 1 heterocycles. The van der Waals surface area contributed by atoms with E-state index < -0.39 is 28.1 Å². The molecule has 0 saturated carbocycles. The Labute approximate surface area is 195 Å². The maximum absolute atomic E-state index is 13.3. The van der Waals surface area contributed by atoms with Gasteiger partial charge in [-0.25, -0.2) is 8.42 Å². The van der Waals surface area contributed by atoms with Gasteiger partial charge in [0, 0.05) is 13.1 Å². The van der Waals surface area contributed by atoms with Crippen LogP contribution in [0, 0.1) is 20.8 Å². The smallest absolute Gasteiger partial charge is 0.309 e. The Bertz CT molecular complexity index is 1080. The van der Waals surface area contributed by atoms with Gasteiger partial charge in [-0.15, -0.1) is 0 Å². The van der Waals surface area contributed by atoms with E-state index >= 15 is 0 Å². The highest BCUT2D eigenvalue weighted by Crippen LogP contribution is 2.28. The summed E-state index contributed by atoms with van der Waals surface area (Å²) in [6.07, 6.45) is 0.629. The molecule has 2 N–H and O–H groups in total. The van der Waals surface area contributed by atoms with E-state index in [-0.39, 0.29) is 24.6 Å². The maximum atomic E-state index is 13.3. The van der Waals surface area contributed by atoms with Crippen molar-refractivity contribution in [1.29, 1.82) is 0 Å². The van der Waals surface area contributed by atoms with Gasteiger partial charge in [0.2, 0.25) is 10.0 Å².